The van der Waals surface area contributed by atoms with Crippen molar-refractivity contribution in [2.75, 3.05) is 19.6 Å². The Hall–Kier alpha value is -0.130. The molecule has 1 heterocycles. The molecule has 3 nitrogen and oxygen atoms in total. The lowest BCUT2D eigenvalue weighted by atomic mass is 10.0. The predicted molar refractivity (Wildman–Crippen MR) is 80.4 cm³/mol. The van der Waals surface area contributed by atoms with Crippen molar-refractivity contribution < 1.29 is 10.2 Å². The summed E-state index contributed by atoms with van der Waals surface area (Å²) in [6.45, 7) is 2.64. The Morgan fingerprint density at radius 3 is 2.68 bits per heavy atom. The molecule has 1 atom stereocenters. The third kappa shape index (κ3) is 4.43. The third-order valence-corrected chi connectivity index (χ3v) is 4.42. The first-order chi connectivity index (χ1) is 9.06. The molecule has 106 valence electrons. The van der Waals surface area contributed by atoms with Crippen LogP contribution in [0.15, 0.2) is 22.7 Å². The van der Waals surface area contributed by atoms with Crippen LogP contribution in [-0.4, -0.2) is 40.9 Å². The Balaban J connectivity index is 1.85. The van der Waals surface area contributed by atoms with Gasteiger partial charge in [-0.2, -0.15) is 0 Å². The van der Waals surface area contributed by atoms with Crippen LogP contribution in [0.5, 0.6) is 0 Å². The number of benzene rings is 1. The molecule has 0 aliphatic carbocycles. The molecule has 0 radical (unpaired) electrons. The van der Waals surface area contributed by atoms with Crippen molar-refractivity contribution in [3.63, 3.8) is 0 Å². The number of piperidine rings is 1. The van der Waals surface area contributed by atoms with Gasteiger partial charge >= 0.3 is 0 Å². The van der Waals surface area contributed by atoms with Crippen LogP contribution in [-0.2, 0) is 0 Å². The van der Waals surface area contributed by atoms with Gasteiger partial charge in [0.25, 0.3) is 0 Å². The van der Waals surface area contributed by atoms with Crippen molar-refractivity contribution in [2.45, 2.75) is 31.5 Å². The molecule has 1 aromatic rings. The Kier molecular flexibility index (Phi) is 5.66. The number of nitrogens with zero attached hydrogens (tertiary/aromatic N) is 1. The molecule has 2 rings (SSSR count). The van der Waals surface area contributed by atoms with Crippen LogP contribution < -0.4 is 0 Å². The van der Waals surface area contributed by atoms with Crippen LogP contribution in [0.3, 0.4) is 0 Å². The van der Waals surface area contributed by atoms with E-state index < -0.39 is 6.10 Å². The van der Waals surface area contributed by atoms with Gasteiger partial charge in [0.1, 0.15) is 0 Å². The minimum atomic E-state index is -0.535. The molecule has 19 heavy (non-hydrogen) atoms. The van der Waals surface area contributed by atoms with Crippen molar-refractivity contribution in [2.24, 2.45) is 0 Å². The van der Waals surface area contributed by atoms with Gasteiger partial charge in [-0.15, -0.1) is 0 Å². The van der Waals surface area contributed by atoms with E-state index in [1.54, 1.807) is 6.07 Å². The van der Waals surface area contributed by atoms with Crippen LogP contribution in [0, 0.1) is 0 Å². The summed E-state index contributed by atoms with van der Waals surface area (Å²) in [4.78, 5) is 2.28. The molecule has 2 N–H and O–H groups in total. The molecule has 1 saturated heterocycles. The fourth-order valence-electron chi connectivity index (χ4n) is 2.38. The molecule has 0 bridgehead atoms. The Morgan fingerprint density at radius 1 is 1.37 bits per heavy atom. The molecule has 1 fully saturated rings. The van der Waals surface area contributed by atoms with E-state index in [2.05, 4.69) is 20.8 Å². The molecular formula is C14H19BrClNO2. The molecule has 1 aliphatic heterocycles. The highest BCUT2D eigenvalue weighted by molar-refractivity contribution is 9.10. The molecule has 1 aliphatic rings. The standard InChI is InChI=1S/C14H19BrClNO2/c15-10-1-2-12(13(16)9-10)14(19)5-8-17-6-3-11(18)4-7-17/h1-2,9,11,14,18-19H,3-8H2. The first-order valence-electron chi connectivity index (χ1n) is 6.59. The zero-order valence-electron chi connectivity index (χ0n) is 10.7. The number of rotatable bonds is 4. The van der Waals surface area contributed by atoms with Crippen molar-refractivity contribution >= 4 is 27.5 Å². The van der Waals surface area contributed by atoms with Gasteiger partial charge < -0.3 is 15.1 Å². The predicted octanol–water partition coefficient (Wildman–Crippen LogP) is 2.98. The van der Waals surface area contributed by atoms with Gasteiger partial charge in [-0.25, -0.2) is 0 Å². The van der Waals surface area contributed by atoms with E-state index in [4.69, 9.17) is 11.6 Å². The van der Waals surface area contributed by atoms with Gasteiger partial charge in [0.05, 0.1) is 12.2 Å². The quantitative estimate of drug-likeness (QED) is 0.879. The monoisotopic (exact) mass is 347 g/mol. The largest absolute Gasteiger partial charge is 0.393 e. The average Bonchev–Trinajstić information content (AvgIpc) is 2.37. The van der Waals surface area contributed by atoms with Crippen LogP contribution in [0.4, 0.5) is 0 Å². The summed E-state index contributed by atoms with van der Waals surface area (Å²) in [5.74, 6) is 0. The summed E-state index contributed by atoms with van der Waals surface area (Å²) in [5.41, 5.74) is 0.780. The maximum Gasteiger partial charge on any atom is 0.0816 e. The minimum Gasteiger partial charge on any atom is -0.393 e. The van der Waals surface area contributed by atoms with Crippen molar-refractivity contribution in [3.8, 4) is 0 Å². The highest BCUT2D eigenvalue weighted by Crippen LogP contribution is 2.28. The molecule has 1 aromatic carbocycles. The second-order valence-corrected chi connectivity index (χ2v) is 6.37. The van der Waals surface area contributed by atoms with Crippen molar-refractivity contribution in [3.05, 3.63) is 33.3 Å². The fraction of sp³-hybridized carbons (Fsp3) is 0.571. The molecule has 0 saturated carbocycles. The fourth-order valence-corrected chi connectivity index (χ4v) is 3.17. The van der Waals surface area contributed by atoms with Crippen molar-refractivity contribution in [1.29, 1.82) is 0 Å². The second-order valence-electron chi connectivity index (χ2n) is 5.04. The first kappa shape index (κ1) is 15.3. The van der Waals surface area contributed by atoms with E-state index in [1.165, 1.54) is 0 Å². The zero-order chi connectivity index (χ0) is 13.8. The van der Waals surface area contributed by atoms with E-state index >= 15 is 0 Å². The third-order valence-electron chi connectivity index (χ3n) is 3.60. The van der Waals surface area contributed by atoms with Crippen LogP contribution in [0.1, 0.15) is 30.9 Å². The Morgan fingerprint density at radius 2 is 2.05 bits per heavy atom. The lowest BCUT2D eigenvalue weighted by molar-refractivity contribution is 0.0711. The van der Waals surface area contributed by atoms with E-state index in [0.29, 0.717) is 11.4 Å². The smallest absolute Gasteiger partial charge is 0.0816 e. The van der Waals surface area contributed by atoms with Crippen molar-refractivity contribution in [1.82, 2.24) is 4.90 Å². The molecule has 5 heteroatoms. The Labute approximate surface area is 127 Å². The van der Waals surface area contributed by atoms with Gasteiger partial charge in [-0.3, -0.25) is 0 Å². The number of halogens is 2. The highest BCUT2D eigenvalue weighted by atomic mass is 79.9. The summed E-state index contributed by atoms with van der Waals surface area (Å²) < 4.78 is 0.915. The van der Waals surface area contributed by atoms with Crippen LogP contribution >= 0.6 is 27.5 Å². The van der Waals surface area contributed by atoms with Gasteiger partial charge in [0.15, 0.2) is 0 Å². The van der Waals surface area contributed by atoms with Crippen LogP contribution in [0.25, 0.3) is 0 Å². The van der Waals surface area contributed by atoms with Crippen LogP contribution in [0.2, 0.25) is 5.02 Å². The number of likely N-dealkylation sites (tertiary alicyclic amines) is 1. The summed E-state index contributed by atoms with van der Waals surface area (Å²) in [6.07, 6.45) is 1.64. The zero-order valence-corrected chi connectivity index (χ0v) is 13.1. The SMILES string of the molecule is OC1CCN(CCC(O)c2ccc(Br)cc2Cl)CC1. The lowest BCUT2D eigenvalue weighted by Crippen LogP contribution is -2.36. The van der Waals surface area contributed by atoms with Gasteiger partial charge in [0.2, 0.25) is 0 Å². The molecular weight excluding hydrogens is 330 g/mol. The second kappa shape index (κ2) is 7.04. The number of aliphatic hydroxyl groups is 2. The van der Waals surface area contributed by atoms with E-state index in [9.17, 15) is 10.2 Å². The average molecular weight is 349 g/mol. The minimum absolute atomic E-state index is 0.151. The Bertz CT molecular complexity index is 422. The number of hydrogen-bond acceptors (Lipinski definition) is 3. The highest BCUT2D eigenvalue weighted by Gasteiger charge is 2.18. The molecule has 1 unspecified atom stereocenters. The summed E-state index contributed by atoms with van der Waals surface area (Å²) in [7, 11) is 0. The lowest BCUT2D eigenvalue weighted by Gasteiger charge is -2.30. The first-order valence-corrected chi connectivity index (χ1v) is 7.77. The van der Waals surface area contributed by atoms with Gasteiger partial charge in [0, 0.05) is 29.1 Å². The van der Waals surface area contributed by atoms with E-state index in [-0.39, 0.29) is 6.10 Å². The van der Waals surface area contributed by atoms with Gasteiger partial charge in [-0.1, -0.05) is 33.6 Å². The topological polar surface area (TPSA) is 43.7 Å². The number of aliphatic hydroxyl groups excluding tert-OH is 2. The van der Waals surface area contributed by atoms with E-state index in [1.807, 2.05) is 12.1 Å². The summed E-state index contributed by atoms with van der Waals surface area (Å²) >= 11 is 9.48. The molecule has 0 spiro atoms. The maximum atomic E-state index is 10.2. The summed E-state index contributed by atoms with van der Waals surface area (Å²) in [5, 5.41) is 20.2. The van der Waals surface area contributed by atoms with Gasteiger partial charge in [-0.05, 0) is 37.0 Å². The number of hydrogen-bond donors (Lipinski definition) is 2. The normalized spacial score (nSPS) is 19.6. The molecule has 0 aromatic heterocycles. The summed E-state index contributed by atoms with van der Waals surface area (Å²) in [6, 6.07) is 5.55. The van der Waals surface area contributed by atoms with E-state index in [0.717, 1.165) is 42.5 Å². The molecule has 0 amide bonds. The maximum absolute atomic E-state index is 10.2.